The lowest BCUT2D eigenvalue weighted by molar-refractivity contribution is 0.0686. The number of nitrogens with zero attached hydrogens (tertiary/aromatic N) is 10. The zero-order valence-corrected chi connectivity index (χ0v) is 44.9. The van der Waals surface area contributed by atoms with Gasteiger partial charge in [0.2, 0.25) is 17.8 Å². The number of aromatic nitrogens is 9. The van der Waals surface area contributed by atoms with E-state index in [1.54, 1.807) is 109 Å². The van der Waals surface area contributed by atoms with Crippen LogP contribution < -0.4 is 31.9 Å². The SMILES string of the molecule is CN(C)c1ncc2c(n1)c(Nc1cccc(Cl)c1)nc1cc(C(=O)O)ccc12.CNc1ncc2c(n1)c(Nc1cccc(Cl)c1)nc1cc(C(=O)O)ccc12.Nc1ncc2c(n1)c(Nc1cccc(Cl)c1)nc1cc(C(=O)O)ccc12. The monoisotopic (exact) mass is 1140 g/mol. The van der Waals surface area contributed by atoms with Crippen LogP contribution in [0.15, 0.2) is 146 Å². The Hall–Kier alpha value is -10.4. The third-order valence-corrected chi connectivity index (χ3v) is 12.9. The maximum Gasteiger partial charge on any atom is 0.335 e. The molecular weight excluding hydrogens is 1100 g/mol. The van der Waals surface area contributed by atoms with Gasteiger partial charge in [0.25, 0.3) is 0 Å². The number of carboxylic acid groups (broad SMARTS) is 3. The first-order chi connectivity index (χ1) is 39.0. The van der Waals surface area contributed by atoms with Gasteiger partial charge in [-0.3, -0.25) is 0 Å². The summed E-state index contributed by atoms with van der Waals surface area (Å²) in [6, 6.07) is 36.0. The third-order valence-electron chi connectivity index (χ3n) is 12.2. The molecule has 0 unspecified atom stereocenters. The van der Waals surface area contributed by atoms with Crippen LogP contribution in [0.25, 0.3) is 65.4 Å². The highest BCUT2D eigenvalue weighted by molar-refractivity contribution is 6.31. The van der Waals surface area contributed by atoms with E-state index < -0.39 is 17.9 Å². The molecule has 12 rings (SSSR count). The number of benzene rings is 6. The minimum atomic E-state index is -1.02. The van der Waals surface area contributed by atoms with Gasteiger partial charge in [-0.05, 0) is 91.0 Å². The number of fused-ring (bicyclic) bond motifs is 9. The van der Waals surface area contributed by atoms with Gasteiger partial charge in [-0.1, -0.05) is 71.2 Å². The van der Waals surface area contributed by atoms with Crippen molar-refractivity contribution in [1.82, 2.24) is 44.9 Å². The Kier molecular flexibility index (Phi) is 15.3. The molecule has 6 aromatic carbocycles. The number of nitrogen functional groups attached to an aromatic ring is 1. The Morgan fingerprint density at radius 2 is 0.827 bits per heavy atom. The molecule has 0 spiro atoms. The zero-order chi connectivity index (χ0) is 57.1. The highest BCUT2D eigenvalue weighted by atomic mass is 35.5. The second kappa shape index (κ2) is 22.9. The van der Waals surface area contributed by atoms with Crippen molar-refractivity contribution in [2.75, 3.05) is 53.0 Å². The summed E-state index contributed by atoms with van der Waals surface area (Å²) in [4.78, 5) is 75.7. The lowest BCUT2D eigenvalue weighted by Gasteiger charge is -2.14. The molecule has 0 amide bonds. The lowest BCUT2D eigenvalue weighted by Crippen LogP contribution is -2.13. The van der Waals surface area contributed by atoms with Crippen LogP contribution in [0, 0.1) is 0 Å². The van der Waals surface area contributed by atoms with Crippen molar-refractivity contribution in [3.05, 3.63) is 178 Å². The Labute approximate surface area is 473 Å². The number of halogens is 3. The fraction of sp³-hybridized carbons (Fsp3) is 0.0526. The van der Waals surface area contributed by atoms with Crippen LogP contribution >= 0.6 is 34.8 Å². The molecule has 0 aliphatic heterocycles. The van der Waals surface area contributed by atoms with Crippen molar-refractivity contribution in [2.45, 2.75) is 0 Å². The third kappa shape index (κ3) is 11.9. The van der Waals surface area contributed by atoms with E-state index in [9.17, 15) is 29.7 Å². The summed E-state index contributed by atoms with van der Waals surface area (Å²) >= 11 is 18.2. The van der Waals surface area contributed by atoms with Gasteiger partial charge in [0.15, 0.2) is 17.5 Å². The van der Waals surface area contributed by atoms with Crippen LogP contribution in [0.4, 0.5) is 52.4 Å². The average Bonchev–Trinajstić information content (AvgIpc) is 3.63. The number of carboxylic acids is 3. The van der Waals surface area contributed by atoms with Crippen LogP contribution in [0.5, 0.6) is 0 Å². The summed E-state index contributed by atoms with van der Waals surface area (Å²) in [6.07, 6.45) is 5.03. The van der Waals surface area contributed by atoms with E-state index in [2.05, 4.69) is 66.1 Å². The highest BCUT2D eigenvalue weighted by Gasteiger charge is 2.18. The molecule has 0 radical (unpaired) electrons. The topological polar surface area (TPSA) is 305 Å². The molecule has 0 atom stereocenters. The number of hydrogen-bond acceptors (Lipinski definition) is 18. The van der Waals surface area contributed by atoms with E-state index in [1.165, 1.54) is 18.2 Å². The van der Waals surface area contributed by atoms with Gasteiger partial charge in [0.05, 0.1) is 33.2 Å². The van der Waals surface area contributed by atoms with E-state index in [1.807, 2.05) is 44.4 Å². The first kappa shape index (κ1) is 54.0. The Morgan fingerprint density at radius 3 is 1.20 bits per heavy atom. The summed E-state index contributed by atoms with van der Waals surface area (Å²) in [7, 11) is 5.45. The Balaban J connectivity index is 0.000000136. The quantitative estimate of drug-likeness (QED) is 0.0558. The van der Waals surface area contributed by atoms with Gasteiger partial charge in [0, 0.05) is 104 Å². The predicted molar refractivity (Wildman–Crippen MR) is 318 cm³/mol. The molecule has 6 heterocycles. The predicted octanol–water partition coefficient (Wildman–Crippen LogP) is 12.5. The van der Waals surface area contributed by atoms with Crippen molar-refractivity contribution in [3.8, 4) is 0 Å². The van der Waals surface area contributed by atoms with Crippen LogP contribution in [0.3, 0.4) is 0 Å². The number of rotatable bonds is 11. The molecule has 402 valence electrons. The summed E-state index contributed by atoms with van der Waals surface area (Å²) < 4.78 is 0. The van der Waals surface area contributed by atoms with Crippen molar-refractivity contribution < 1.29 is 29.7 Å². The molecule has 0 aliphatic rings. The van der Waals surface area contributed by atoms with Gasteiger partial charge in [-0.15, -0.1) is 0 Å². The minimum absolute atomic E-state index is 0.120. The first-order valence-electron chi connectivity index (χ1n) is 24.2. The van der Waals surface area contributed by atoms with E-state index >= 15 is 0 Å². The van der Waals surface area contributed by atoms with Crippen LogP contribution in [0.1, 0.15) is 31.1 Å². The van der Waals surface area contributed by atoms with E-state index in [0.717, 1.165) is 44.0 Å². The smallest absolute Gasteiger partial charge is 0.335 e. The molecule has 12 aromatic rings. The summed E-state index contributed by atoms with van der Waals surface area (Å²) in [5.74, 6) is -0.491. The number of nitrogens with two attached hydrogens (primary N) is 1. The zero-order valence-electron chi connectivity index (χ0n) is 42.6. The first-order valence-corrected chi connectivity index (χ1v) is 25.3. The molecule has 9 N–H and O–H groups in total. The minimum Gasteiger partial charge on any atom is -0.478 e. The van der Waals surface area contributed by atoms with E-state index in [-0.39, 0.29) is 22.6 Å². The molecule has 0 bridgehead atoms. The van der Waals surface area contributed by atoms with Gasteiger partial charge in [-0.2, -0.15) is 0 Å². The van der Waals surface area contributed by atoms with Gasteiger partial charge < -0.3 is 47.2 Å². The molecule has 0 saturated carbocycles. The average molecular weight is 1140 g/mol. The molecule has 0 saturated heterocycles. The molecule has 0 aliphatic carbocycles. The second-order valence-corrected chi connectivity index (χ2v) is 19.2. The number of pyridine rings is 3. The van der Waals surface area contributed by atoms with Crippen LogP contribution in [0.2, 0.25) is 15.1 Å². The summed E-state index contributed by atoms with van der Waals surface area (Å²) in [5.41, 5.74) is 11.8. The highest BCUT2D eigenvalue weighted by Crippen LogP contribution is 2.35. The van der Waals surface area contributed by atoms with Crippen molar-refractivity contribution in [1.29, 1.82) is 0 Å². The number of aromatic carboxylic acids is 3. The lowest BCUT2D eigenvalue weighted by atomic mass is 10.1. The Bertz CT molecular complexity index is 4500. The standard InChI is InChI=1S/C20H16ClN5O2.C19H14ClN5O2.C18H12ClN5O2/c1-26(2)20-22-10-15-14-7-6-11(19(27)28)8-16(14)24-18(17(15)25-20)23-13-5-3-4-12(21)9-13;1-21-19-22-9-14-13-6-5-10(18(26)27)7-15(13)24-17(16(14)25-19)23-12-4-2-3-11(20)8-12;19-10-2-1-3-11(7-10)22-16-15-13(8-21-18(20)24-15)12-5-4-9(17(25)26)6-14(12)23-16/h3-10H,1-2H3,(H,23,24)(H,27,28);2-9H,1H3,(H,23,24)(H,26,27)(H,21,22,25);1-8H,(H,22,23)(H,25,26)(H2,20,21,24). The van der Waals surface area contributed by atoms with E-state index in [4.69, 9.17) is 40.5 Å². The molecular formula is C57H42Cl3N15O6. The number of anilines is 9. The largest absolute Gasteiger partial charge is 0.478 e. The molecule has 81 heavy (non-hydrogen) atoms. The molecule has 0 fully saturated rings. The summed E-state index contributed by atoms with van der Waals surface area (Å²) in [5, 5.41) is 46.6. The fourth-order valence-corrected chi connectivity index (χ4v) is 9.03. The molecule has 21 nitrogen and oxygen atoms in total. The molecule has 24 heteroatoms. The van der Waals surface area contributed by atoms with Crippen molar-refractivity contribution >= 4 is 170 Å². The van der Waals surface area contributed by atoms with Crippen LogP contribution in [-0.2, 0) is 0 Å². The second-order valence-electron chi connectivity index (χ2n) is 17.9. The summed E-state index contributed by atoms with van der Waals surface area (Å²) in [6.45, 7) is 0. The number of nitrogens with one attached hydrogen (secondary N) is 4. The normalized spacial score (nSPS) is 10.9. The maximum atomic E-state index is 11.4. The maximum absolute atomic E-state index is 11.4. The van der Waals surface area contributed by atoms with Gasteiger partial charge >= 0.3 is 17.9 Å². The van der Waals surface area contributed by atoms with Crippen LogP contribution in [-0.4, -0.2) is 99.2 Å². The van der Waals surface area contributed by atoms with Crippen molar-refractivity contribution in [3.63, 3.8) is 0 Å². The number of carbonyl (C=O) groups is 3. The fourth-order valence-electron chi connectivity index (χ4n) is 8.46. The van der Waals surface area contributed by atoms with E-state index in [0.29, 0.717) is 82.9 Å². The molecule has 6 aromatic heterocycles. The van der Waals surface area contributed by atoms with Gasteiger partial charge in [-0.25, -0.2) is 59.2 Å². The van der Waals surface area contributed by atoms with Gasteiger partial charge in [0.1, 0.15) is 16.6 Å². The number of hydrogen-bond donors (Lipinski definition) is 8. The Morgan fingerprint density at radius 1 is 0.457 bits per heavy atom. The van der Waals surface area contributed by atoms with Crippen molar-refractivity contribution in [2.24, 2.45) is 0 Å².